The number of carboxylic acid groups (broad SMARTS) is 1. The standard InChI is InChI=1S/C27H27N5O9S3/c1-27(2)21(25(35)36)31-23(34)19(24(31)42-27)29-22(33)20(16-10-4-3-5-11-16)32(44(28,40)41)26(37)30-43(38,39)18-14-8-12-15-9-6-7-13-17(15)18/h3-14,19-21,24H,1-2H3,(H,29,33)(H,30,37)(H,35,36)(H2,28,40,41)/t19-,20?,21+,24-/m1/s1. The summed E-state index contributed by atoms with van der Waals surface area (Å²) in [5.41, 5.74) is -0.0665. The maximum Gasteiger partial charge on any atom is 0.347 e. The molecular weight excluding hydrogens is 635 g/mol. The van der Waals surface area contributed by atoms with Crippen LogP contribution in [0, 0.1) is 0 Å². The zero-order valence-corrected chi connectivity index (χ0v) is 25.6. The molecule has 232 valence electrons. The number of β-lactam (4-membered cyclic amide) rings is 1. The molecule has 2 aliphatic rings. The first-order chi connectivity index (χ1) is 20.5. The fourth-order valence-corrected chi connectivity index (χ4v) is 9.07. The van der Waals surface area contributed by atoms with E-state index in [9.17, 15) is 41.1 Å². The molecule has 44 heavy (non-hydrogen) atoms. The van der Waals surface area contributed by atoms with Gasteiger partial charge in [0.15, 0.2) is 6.04 Å². The molecule has 17 heteroatoms. The van der Waals surface area contributed by atoms with Crippen molar-refractivity contribution >= 4 is 66.6 Å². The van der Waals surface area contributed by atoms with E-state index in [1.54, 1.807) is 48.9 Å². The number of nitrogens with one attached hydrogen (secondary N) is 2. The molecule has 2 saturated heterocycles. The minimum absolute atomic E-state index is 0.0665. The lowest BCUT2D eigenvalue weighted by molar-refractivity contribution is -0.161. The van der Waals surface area contributed by atoms with Crippen molar-refractivity contribution in [1.29, 1.82) is 0 Å². The Morgan fingerprint density at radius 2 is 1.59 bits per heavy atom. The van der Waals surface area contributed by atoms with Gasteiger partial charge in [0.2, 0.25) is 11.8 Å². The lowest BCUT2D eigenvalue weighted by Crippen LogP contribution is -2.71. The zero-order valence-electron chi connectivity index (χ0n) is 23.1. The van der Waals surface area contributed by atoms with Crippen LogP contribution in [0.15, 0.2) is 77.7 Å². The predicted molar refractivity (Wildman–Crippen MR) is 159 cm³/mol. The highest BCUT2D eigenvalue weighted by Crippen LogP contribution is 2.51. The van der Waals surface area contributed by atoms with Crippen molar-refractivity contribution in [2.45, 2.75) is 47.0 Å². The summed E-state index contributed by atoms with van der Waals surface area (Å²) in [6.07, 6.45) is 0. The molecule has 3 aromatic rings. The summed E-state index contributed by atoms with van der Waals surface area (Å²) in [5.74, 6) is -3.11. The van der Waals surface area contributed by atoms with Gasteiger partial charge in [0.25, 0.3) is 10.0 Å². The van der Waals surface area contributed by atoms with Crippen molar-refractivity contribution < 1.29 is 41.1 Å². The smallest absolute Gasteiger partial charge is 0.347 e. The van der Waals surface area contributed by atoms with Crippen molar-refractivity contribution in [3.63, 3.8) is 0 Å². The third kappa shape index (κ3) is 5.47. The highest BCUT2D eigenvalue weighted by atomic mass is 32.2. The maximum atomic E-state index is 13.8. The average molecular weight is 662 g/mol. The van der Waals surface area contributed by atoms with Crippen molar-refractivity contribution in [1.82, 2.24) is 19.2 Å². The quantitative estimate of drug-likeness (QED) is 0.253. The summed E-state index contributed by atoms with van der Waals surface area (Å²) in [6, 6.07) is 11.6. The summed E-state index contributed by atoms with van der Waals surface area (Å²) in [6.45, 7) is 3.27. The van der Waals surface area contributed by atoms with Crippen molar-refractivity contribution in [2.75, 3.05) is 0 Å². The second-order valence-corrected chi connectivity index (χ2v) is 15.5. The number of sulfonamides is 1. The van der Waals surface area contributed by atoms with Gasteiger partial charge in [-0.25, -0.2) is 27.9 Å². The third-order valence-electron chi connectivity index (χ3n) is 7.31. The van der Waals surface area contributed by atoms with E-state index < -0.39 is 72.3 Å². The summed E-state index contributed by atoms with van der Waals surface area (Å²) in [5, 5.41) is 17.5. The molecule has 0 aromatic heterocycles. The Morgan fingerprint density at radius 1 is 0.977 bits per heavy atom. The molecule has 14 nitrogen and oxygen atoms in total. The third-order valence-corrected chi connectivity index (χ3v) is 11.2. The fourth-order valence-electron chi connectivity index (χ4n) is 5.43. The van der Waals surface area contributed by atoms with Crippen LogP contribution in [0.1, 0.15) is 25.5 Å². The molecule has 0 bridgehead atoms. The SMILES string of the molecule is CC1(C)S[C@@H]2[C@H](NC(=O)C(c3ccccc3)N(C(=O)NS(=O)(=O)c3cccc4ccccc34)S(N)(=O)=O)C(=O)N2[C@H]1C(=O)O. The number of nitrogens with zero attached hydrogens (tertiary/aromatic N) is 2. The number of carboxylic acids is 1. The number of aliphatic carboxylic acids is 1. The van der Waals surface area contributed by atoms with Gasteiger partial charge in [0.1, 0.15) is 17.5 Å². The van der Waals surface area contributed by atoms with Crippen molar-refractivity contribution in [3.05, 3.63) is 78.4 Å². The number of carbonyl (C=O) groups is 4. The Kier molecular flexibility index (Phi) is 7.86. The van der Waals surface area contributed by atoms with Gasteiger partial charge in [-0.2, -0.15) is 12.7 Å². The summed E-state index contributed by atoms with van der Waals surface area (Å²) in [7, 11) is -9.84. The van der Waals surface area contributed by atoms with E-state index in [1.165, 1.54) is 42.5 Å². The van der Waals surface area contributed by atoms with Gasteiger partial charge in [0, 0.05) is 10.1 Å². The minimum Gasteiger partial charge on any atom is -0.480 e. The van der Waals surface area contributed by atoms with Gasteiger partial charge in [-0.1, -0.05) is 66.7 Å². The number of amides is 4. The number of nitrogens with two attached hydrogens (primary N) is 1. The van der Waals surface area contributed by atoms with Crippen LogP contribution in [-0.2, 0) is 34.6 Å². The maximum absolute atomic E-state index is 13.8. The molecule has 0 saturated carbocycles. The number of fused-ring (bicyclic) bond motifs is 2. The van der Waals surface area contributed by atoms with E-state index in [0.29, 0.717) is 5.39 Å². The molecular formula is C27H27N5O9S3. The Morgan fingerprint density at radius 3 is 2.23 bits per heavy atom. The molecule has 5 rings (SSSR count). The molecule has 4 amide bonds. The number of carbonyl (C=O) groups excluding carboxylic acids is 3. The van der Waals surface area contributed by atoms with Crippen LogP contribution in [0.4, 0.5) is 4.79 Å². The lowest BCUT2D eigenvalue weighted by Gasteiger charge is -2.44. The molecule has 3 aromatic carbocycles. The number of hydrogen-bond donors (Lipinski definition) is 4. The summed E-state index contributed by atoms with van der Waals surface area (Å²) in [4.78, 5) is 52.9. The summed E-state index contributed by atoms with van der Waals surface area (Å²) >= 11 is 1.14. The van der Waals surface area contributed by atoms with E-state index >= 15 is 0 Å². The normalized spacial score (nSPS) is 21.6. The van der Waals surface area contributed by atoms with Gasteiger partial charge < -0.3 is 15.3 Å². The van der Waals surface area contributed by atoms with Crippen LogP contribution in [0.2, 0.25) is 0 Å². The number of rotatable bonds is 8. The molecule has 0 radical (unpaired) electrons. The highest BCUT2D eigenvalue weighted by Gasteiger charge is 2.64. The molecule has 5 N–H and O–H groups in total. The second kappa shape index (κ2) is 11.1. The van der Waals surface area contributed by atoms with Crippen LogP contribution in [0.3, 0.4) is 0 Å². The topological polar surface area (TPSA) is 213 Å². The van der Waals surface area contributed by atoms with E-state index in [1.807, 2.05) is 0 Å². The first kappa shape index (κ1) is 31.2. The molecule has 1 unspecified atom stereocenters. The van der Waals surface area contributed by atoms with Crippen molar-refractivity contribution in [3.8, 4) is 0 Å². The van der Waals surface area contributed by atoms with Crippen LogP contribution in [-0.4, -0.2) is 77.2 Å². The fraction of sp³-hybridized carbons (Fsp3) is 0.259. The first-order valence-corrected chi connectivity index (χ1v) is 16.9. The minimum atomic E-state index is -5.13. The Bertz CT molecular complexity index is 1900. The van der Waals surface area contributed by atoms with Gasteiger partial charge >= 0.3 is 22.2 Å². The molecule has 4 atom stereocenters. The second-order valence-electron chi connectivity index (χ2n) is 10.6. The molecule has 2 heterocycles. The number of urea groups is 1. The average Bonchev–Trinajstić information content (AvgIpc) is 3.21. The number of benzene rings is 3. The first-order valence-electron chi connectivity index (χ1n) is 13.0. The predicted octanol–water partition coefficient (Wildman–Crippen LogP) is 1.12. The number of thioether (sulfide) groups is 1. The van der Waals surface area contributed by atoms with Crippen LogP contribution in [0.5, 0.6) is 0 Å². The summed E-state index contributed by atoms with van der Waals surface area (Å²) < 4.78 is 53.2. The zero-order chi connectivity index (χ0) is 32.2. The van der Waals surface area contributed by atoms with E-state index in [2.05, 4.69) is 5.32 Å². The van der Waals surface area contributed by atoms with E-state index in [-0.39, 0.29) is 20.2 Å². The van der Waals surface area contributed by atoms with E-state index in [4.69, 9.17) is 5.14 Å². The molecule has 0 spiro atoms. The monoisotopic (exact) mass is 661 g/mol. The molecule has 0 aliphatic carbocycles. The largest absolute Gasteiger partial charge is 0.480 e. The van der Waals surface area contributed by atoms with Gasteiger partial charge in [-0.15, -0.1) is 11.8 Å². The van der Waals surface area contributed by atoms with Crippen LogP contribution >= 0.6 is 11.8 Å². The Balaban J connectivity index is 1.49. The lowest BCUT2D eigenvalue weighted by atomic mass is 9.95. The highest BCUT2D eigenvalue weighted by molar-refractivity contribution is 8.01. The van der Waals surface area contributed by atoms with E-state index in [0.717, 1.165) is 16.7 Å². The Labute approximate surface area is 256 Å². The molecule has 2 aliphatic heterocycles. The Hall–Kier alpha value is -4.19. The van der Waals surface area contributed by atoms with Crippen LogP contribution < -0.4 is 15.2 Å². The molecule has 2 fully saturated rings. The van der Waals surface area contributed by atoms with Gasteiger partial charge in [-0.05, 0) is 30.9 Å². The van der Waals surface area contributed by atoms with Gasteiger partial charge in [-0.3, -0.25) is 9.59 Å². The van der Waals surface area contributed by atoms with Crippen molar-refractivity contribution in [2.24, 2.45) is 5.14 Å². The van der Waals surface area contributed by atoms with Gasteiger partial charge in [0.05, 0.1) is 4.90 Å². The van der Waals surface area contributed by atoms with Crippen LogP contribution in [0.25, 0.3) is 10.8 Å². The number of hydrogen-bond acceptors (Lipinski definition) is 9.